The molecule has 8 nitrogen and oxygen atoms in total. The van der Waals surface area contributed by atoms with Gasteiger partial charge >= 0.3 is 0 Å². The third-order valence-corrected chi connectivity index (χ3v) is 6.60. The molecule has 2 bridgehead atoms. The van der Waals surface area contributed by atoms with Gasteiger partial charge in [-0.3, -0.25) is 0 Å². The molecule has 2 aliphatic heterocycles. The van der Waals surface area contributed by atoms with Gasteiger partial charge in [-0.15, -0.1) is 15.3 Å². The molecule has 1 aromatic carbocycles. The Morgan fingerprint density at radius 1 is 1.27 bits per heavy atom. The molecular weight excluding hydrogens is 385 g/mol. The van der Waals surface area contributed by atoms with Crippen LogP contribution in [0.5, 0.6) is 5.75 Å². The summed E-state index contributed by atoms with van der Waals surface area (Å²) in [7, 11) is 1.88. The second-order valence-electron chi connectivity index (χ2n) is 8.43. The third kappa shape index (κ3) is 3.00. The van der Waals surface area contributed by atoms with Crippen LogP contribution in [-0.2, 0) is 0 Å². The van der Waals surface area contributed by atoms with Gasteiger partial charge in [0.15, 0.2) is 5.82 Å². The molecule has 9 heteroatoms. The van der Waals surface area contributed by atoms with Crippen molar-refractivity contribution in [2.45, 2.75) is 37.5 Å². The summed E-state index contributed by atoms with van der Waals surface area (Å²) in [4.78, 5) is 1.91. The van der Waals surface area contributed by atoms with E-state index in [1.165, 1.54) is 0 Å². The van der Waals surface area contributed by atoms with E-state index < -0.39 is 11.7 Å². The minimum absolute atomic E-state index is 0.0748. The van der Waals surface area contributed by atoms with Crippen molar-refractivity contribution in [1.82, 2.24) is 30.5 Å². The van der Waals surface area contributed by atoms with Gasteiger partial charge in [-0.2, -0.15) is 0 Å². The lowest BCUT2D eigenvalue weighted by molar-refractivity contribution is 0.0102. The quantitative estimate of drug-likeness (QED) is 0.683. The van der Waals surface area contributed by atoms with E-state index in [2.05, 4.69) is 25.8 Å². The molecule has 1 unspecified atom stereocenters. The van der Waals surface area contributed by atoms with Crippen LogP contribution in [0.2, 0.25) is 0 Å². The molecule has 0 spiro atoms. The fourth-order valence-electron chi connectivity index (χ4n) is 4.73. The summed E-state index contributed by atoms with van der Waals surface area (Å²) in [5.74, 6) is 0.953. The minimum Gasteiger partial charge on any atom is -0.507 e. The standard InChI is InChI=1S/C21H24FN7O/c1-21-8-7-13(12-23-21)19(20(21)22)28(2)18-6-5-16(25-26-18)15-4-3-14(11-17(15)30)29-10-9-24-27-29/h3-6,9-11,13,19-20,23,30H,7-8,12H2,1-2H3/t13?,19-,20+,21-/m1/s1. The Kier molecular flexibility index (Phi) is 4.43. The number of halogens is 1. The molecule has 2 N–H and O–H groups in total. The maximum Gasteiger partial charge on any atom is 0.151 e. The van der Waals surface area contributed by atoms with Crippen molar-refractivity contribution in [3.63, 3.8) is 0 Å². The second kappa shape index (κ2) is 7.02. The largest absolute Gasteiger partial charge is 0.507 e. The van der Waals surface area contributed by atoms with Gasteiger partial charge < -0.3 is 15.3 Å². The second-order valence-corrected chi connectivity index (χ2v) is 8.43. The summed E-state index contributed by atoms with van der Waals surface area (Å²) in [5, 5.41) is 30.1. The van der Waals surface area contributed by atoms with Gasteiger partial charge in [-0.25, -0.2) is 9.07 Å². The molecule has 4 heterocycles. The van der Waals surface area contributed by atoms with Crippen molar-refractivity contribution in [3.05, 3.63) is 42.7 Å². The molecule has 0 radical (unpaired) electrons. The van der Waals surface area contributed by atoms with Crippen molar-refractivity contribution in [1.29, 1.82) is 0 Å². The van der Waals surface area contributed by atoms with E-state index >= 15 is 4.39 Å². The number of benzene rings is 1. The lowest BCUT2D eigenvalue weighted by Gasteiger charge is -2.54. The van der Waals surface area contributed by atoms with Crippen LogP contribution in [0, 0.1) is 5.92 Å². The highest BCUT2D eigenvalue weighted by molar-refractivity contribution is 5.69. The Labute approximate surface area is 173 Å². The average Bonchev–Trinajstić information content (AvgIpc) is 3.30. The number of hydrogen-bond acceptors (Lipinski definition) is 7. The summed E-state index contributed by atoms with van der Waals surface area (Å²) in [6, 6.07) is 8.61. The zero-order chi connectivity index (χ0) is 20.9. The fraction of sp³-hybridized carbons (Fsp3) is 0.429. The van der Waals surface area contributed by atoms with E-state index in [4.69, 9.17) is 0 Å². The predicted molar refractivity (Wildman–Crippen MR) is 110 cm³/mol. The minimum atomic E-state index is -0.968. The van der Waals surface area contributed by atoms with Crippen LogP contribution >= 0.6 is 0 Å². The van der Waals surface area contributed by atoms with E-state index in [9.17, 15) is 5.11 Å². The number of fused-ring (bicyclic) bond motifs is 3. The molecule has 3 aliphatic rings. The maximum absolute atomic E-state index is 15.2. The smallest absolute Gasteiger partial charge is 0.151 e. The summed E-state index contributed by atoms with van der Waals surface area (Å²) in [5.41, 5.74) is 1.34. The molecule has 4 atom stereocenters. The van der Waals surface area contributed by atoms with Crippen molar-refractivity contribution in [2.24, 2.45) is 5.92 Å². The number of hydrogen-bond donors (Lipinski definition) is 2. The molecule has 3 aromatic rings. The highest BCUT2D eigenvalue weighted by Crippen LogP contribution is 2.42. The molecule has 2 saturated heterocycles. The van der Waals surface area contributed by atoms with Crippen LogP contribution in [-0.4, -0.2) is 61.6 Å². The topological polar surface area (TPSA) is 92.0 Å². The Morgan fingerprint density at radius 3 is 2.77 bits per heavy atom. The molecule has 1 aliphatic carbocycles. The molecular formula is C21H24FN7O. The first-order chi connectivity index (χ1) is 14.5. The number of rotatable bonds is 4. The highest BCUT2D eigenvalue weighted by atomic mass is 19.1. The van der Waals surface area contributed by atoms with Crippen molar-refractivity contribution < 1.29 is 9.50 Å². The molecule has 156 valence electrons. The van der Waals surface area contributed by atoms with Crippen LogP contribution in [0.4, 0.5) is 10.2 Å². The first kappa shape index (κ1) is 18.9. The number of alkyl halides is 1. The zero-order valence-corrected chi connectivity index (χ0v) is 16.9. The highest BCUT2D eigenvalue weighted by Gasteiger charge is 2.53. The SMILES string of the molecule is CN(c1ccc(-c2ccc(-n3ccnn3)cc2O)nn1)[C@@H]1C2CC[C@@](C)(NC2)[C@H]1F. The van der Waals surface area contributed by atoms with Gasteiger partial charge in [-0.1, -0.05) is 5.21 Å². The molecule has 0 amide bonds. The number of aromatic nitrogens is 5. The number of aromatic hydroxyl groups is 1. The van der Waals surface area contributed by atoms with Crippen LogP contribution in [0.1, 0.15) is 19.8 Å². The Morgan fingerprint density at radius 2 is 2.13 bits per heavy atom. The van der Waals surface area contributed by atoms with Crippen molar-refractivity contribution in [2.75, 3.05) is 18.5 Å². The molecule has 6 rings (SSSR count). The molecule has 3 fully saturated rings. The van der Waals surface area contributed by atoms with Gasteiger partial charge in [-0.05, 0) is 49.9 Å². The summed E-state index contributed by atoms with van der Waals surface area (Å²) >= 11 is 0. The zero-order valence-electron chi connectivity index (χ0n) is 16.9. The van der Waals surface area contributed by atoms with E-state index in [0.29, 0.717) is 22.8 Å². The summed E-state index contributed by atoms with van der Waals surface area (Å²) in [6.45, 7) is 2.79. The Balaban J connectivity index is 1.38. The number of anilines is 1. The average molecular weight is 409 g/mol. The number of phenolic OH excluding ortho intramolecular Hbond substituents is 1. The lowest BCUT2D eigenvalue weighted by Crippen LogP contribution is -2.70. The van der Waals surface area contributed by atoms with Crippen LogP contribution in [0.15, 0.2) is 42.7 Å². The first-order valence-corrected chi connectivity index (χ1v) is 10.1. The van der Waals surface area contributed by atoms with Crippen LogP contribution in [0.25, 0.3) is 16.9 Å². The monoisotopic (exact) mass is 409 g/mol. The van der Waals surface area contributed by atoms with E-state index in [0.717, 1.165) is 19.4 Å². The van der Waals surface area contributed by atoms with E-state index in [1.54, 1.807) is 35.3 Å². The van der Waals surface area contributed by atoms with Gasteiger partial charge in [0, 0.05) is 30.8 Å². The number of nitrogens with zero attached hydrogens (tertiary/aromatic N) is 6. The van der Waals surface area contributed by atoms with E-state index in [1.807, 2.05) is 31.0 Å². The fourth-order valence-corrected chi connectivity index (χ4v) is 4.73. The van der Waals surface area contributed by atoms with Gasteiger partial charge in [0.25, 0.3) is 0 Å². The third-order valence-electron chi connectivity index (χ3n) is 6.60. The number of phenols is 1. The van der Waals surface area contributed by atoms with Crippen LogP contribution in [0.3, 0.4) is 0 Å². The lowest BCUT2D eigenvalue weighted by atomic mass is 9.68. The molecule has 30 heavy (non-hydrogen) atoms. The number of nitrogens with one attached hydrogen (secondary N) is 1. The maximum atomic E-state index is 15.2. The normalized spacial score (nSPS) is 27.9. The Hall–Kier alpha value is -3.07. The summed E-state index contributed by atoms with van der Waals surface area (Å²) in [6.07, 6.45) is 4.17. The molecule has 1 saturated carbocycles. The number of piperidine rings is 2. The Bertz CT molecular complexity index is 1030. The first-order valence-electron chi connectivity index (χ1n) is 10.1. The van der Waals surface area contributed by atoms with Crippen molar-refractivity contribution in [3.8, 4) is 22.7 Å². The van der Waals surface area contributed by atoms with Gasteiger partial charge in [0.05, 0.1) is 29.8 Å². The predicted octanol–water partition coefficient (Wildman–Crippen LogP) is 2.34. The van der Waals surface area contributed by atoms with Crippen molar-refractivity contribution >= 4 is 5.82 Å². The van der Waals surface area contributed by atoms with E-state index in [-0.39, 0.29) is 17.7 Å². The van der Waals surface area contributed by atoms with Crippen LogP contribution < -0.4 is 10.2 Å². The van der Waals surface area contributed by atoms with Gasteiger partial charge in [0.2, 0.25) is 0 Å². The molecule has 2 aromatic heterocycles. The van der Waals surface area contributed by atoms with Gasteiger partial charge in [0.1, 0.15) is 11.9 Å². The summed E-state index contributed by atoms with van der Waals surface area (Å²) < 4.78 is 16.8.